The number of hydrogen-bond acceptors (Lipinski definition) is 3. The Labute approximate surface area is 242 Å². The Morgan fingerprint density at radius 1 is 0.415 bits per heavy atom. The second-order valence-corrected chi connectivity index (χ2v) is 11.3. The highest BCUT2D eigenvalue weighted by Crippen LogP contribution is 2.41. The van der Waals surface area contributed by atoms with Crippen LogP contribution in [-0.2, 0) is 0 Å². The average Bonchev–Trinajstić information content (AvgIpc) is 3.43. The van der Waals surface area contributed by atoms with Gasteiger partial charge in [-0.05, 0) is 63.4 Å². The summed E-state index contributed by atoms with van der Waals surface area (Å²) in [7, 11) is 0. The smallest absolute Gasteiger partial charge is 0.160 e. The molecule has 0 spiro atoms. The SMILES string of the molecule is c1ccc(-c2cc(-c3ccccc3)cc(-c3nc(-c4ccc5ccccc5c4)c4sc5ccccc5c4n3)c2)cc1. The number of fused-ring (bicyclic) bond motifs is 4. The molecule has 3 heteroatoms. The minimum atomic E-state index is 0.735. The Hall–Kier alpha value is -5.12. The normalized spacial score (nSPS) is 11.4. The van der Waals surface area contributed by atoms with Crippen LogP contribution >= 0.6 is 11.3 Å². The van der Waals surface area contributed by atoms with E-state index in [1.165, 1.54) is 32.0 Å². The fourth-order valence-electron chi connectivity index (χ4n) is 5.60. The van der Waals surface area contributed by atoms with Crippen LogP contribution in [-0.4, -0.2) is 9.97 Å². The second-order valence-electron chi connectivity index (χ2n) is 10.3. The molecule has 0 fully saturated rings. The molecule has 6 aromatic carbocycles. The number of aromatic nitrogens is 2. The van der Waals surface area contributed by atoms with Gasteiger partial charge in [0.05, 0.1) is 15.9 Å². The molecule has 41 heavy (non-hydrogen) atoms. The van der Waals surface area contributed by atoms with Crippen LogP contribution < -0.4 is 0 Å². The van der Waals surface area contributed by atoms with Gasteiger partial charge in [-0.2, -0.15) is 0 Å². The predicted molar refractivity (Wildman–Crippen MR) is 174 cm³/mol. The minimum absolute atomic E-state index is 0.735. The van der Waals surface area contributed by atoms with Crippen molar-refractivity contribution in [2.45, 2.75) is 0 Å². The zero-order valence-electron chi connectivity index (χ0n) is 22.2. The van der Waals surface area contributed by atoms with E-state index in [9.17, 15) is 0 Å². The molecular weight excluding hydrogens is 516 g/mol. The van der Waals surface area contributed by atoms with Crippen LogP contribution in [0.25, 0.3) is 76.0 Å². The summed E-state index contributed by atoms with van der Waals surface area (Å²) < 4.78 is 2.34. The first-order valence-electron chi connectivity index (χ1n) is 13.7. The molecule has 0 radical (unpaired) electrons. The van der Waals surface area contributed by atoms with Gasteiger partial charge in [0.2, 0.25) is 0 Å². The van der Waals surface area contributed by atoms with Crippen molar-refractivity contribution in [1.82, 2.24) is 9.97 Å². The summed E-state index contributed by atoms with van der Waals surface area (Å²) in [5, 5.41) is 3.60. The van der Waals surface area contributed by atoms with Crippen LogP contribution in [0.2, 0.25) is 0 Å². The topological polar surface area (TPSA) is 25.8 Å². The van der Waals surface area contributed by atoms with E-state index in [1.807, 2.05) is 0 Å². The summed E-state index contributed by atoms with van der Waals surface area (Å²) in [6.45, 7) is 0. The lowest BCUT2D eigenvalue weighted by Crippen LogP contribution is -1.95. The van der Waals surface area contributed by atoms with Gasteiger partial charge in [0, 0.05) is 21.2 Å². The molecule has 0 amide bonds. The van der Waals surface area contributed by atoms with Gasteiger partial charge in [0.25, 0.3) is 0 Å². The largest absolute Gasteiger partial charge is 0.226 e. The third kappa shape index (κ3) is 4.28. The fraction of sp³-hybridized carbons (Fsp3) is 0. The van der Waals surface area contributed by atoms with E-state index in [-0.39, 0.29) is 0 Å². The summed E-state index contributed by atoms with van der Waals surface area (Å²) in [5.41, 5.74) is 8.72. The van der Waals surface area contributed by atoms with Crippen molar-refractivity contribution in [2.24, 2.45) is 0 Å². The molecule has 0 aliphatic heterocycles. The van der Waals surface area contributed by atoms with Gasteiger partial charge in [0.15, 0.2) is 5.82 Å². The predicted octanol–water partition coefficient (Wildman–Crippen LogP) is 10.7. The molecule has 8 rings (SSSR count). The molecule has 192 valence electrons. The van der Waals surface area contributed by atoms with Crippen LogP contribution in [0.1, 0.15) is 0 Å². The first-order valence-corrected chi connectivity index (χ1v) is 14.6. The Kier molecular flexibility index (Phi) is 5.68. The van der Waals surface area contributed by atoms with Crippen molar-refractivity contribution in [2.75, 3.05) is 0 Å². The standard InChI is InChI=1S/C38H24N2S/c1-3-11-25(12-4-1)30-22-31(26-13-5-2-6-14-26)24-32(23-30)38-39-35(29-20-19-27-15-7-8-16-28(27)21-29)37-36(40-38)33-17-9-10-18-34(33)41-37/h1-24H. The summed E-state index contributed by atoms with van der Waals surface area (Å²) in [5.74, 6) is 0.735. The summed E-state index contributed by atoms with van der Waals surface area (Å²) in [6, 6.07) is 51.4. The van der Waals surface area contributed by atoms with Gasteiger partial charge in [-0.1, -0.05) is 115 Å². The number of rotatable bonds is 4. The molecule has 2 heterocycles. The van der Waals surface area contributed by atoms with Crippen molar-refractivity contribution in [3.63, 3.8) is 0 Å². The Balaban J connectivity index is 1.41. The molecule has 0 saturated heterocycles. The van der Waals surface area contributed by atoms with E-state index in [1.54, 1.807) is 11.3 Å². The van der Waals surface area contributed by atoms with E-state index >= 15 is 0 Å². The van der Waals surface area contributed by atoms with Crippen LogP contribution in [0.3, 0.4) is 0 Å². The number of nitrogens with zero attached hydrogens (tertiary/aromatic N) is 2. The Morgan fingerprint density at radius 3 is 1.76 bits per heavy atom. The lowest BCUT2D eigenvalue weighted by Gasteiger charge is -2.12. The van der Waals surface area contributed by atoms with Crippen molar-refractivity contribution in [3.05, 3.63) is 146 Å². The molecule has 8 aromatic rings. The van der Waals surface area contributed by atoms with E-state index in [4.69, 9.17) is 9.97 Å². The van der Waals surface area contributed by atoms with Crippen molar-refractivity contribution < 1.29 is 0 Å². The van der Waals surface area contributed by atoms with E-state index < -0.39 is 0 Å². The maximum Gasteiger partial charge on any atom is 0.160 e. The van der Waals surface area contributed by atoms with Gasteiger partial charge in [-0.15, -0.1) is 11.3 Å². The zero-order valence-corrected chi connectivity index (χ0v) is 23.0. The van der Waals surface area contributed by atoms with Crippen molar-refractivity contribution >= 4 is 42.4 Å². The van der Waals surface area contributed by atoms with Crippen LogP contribution in [0.15, 0.2) is 146 Å². The molecular formula is C38H24N2S. The minimum Gasteiger partial charge on any atom is -0.226 e. The molecule has 2 nitrogen and oxygen atoms in total. The Morgan fingerprint density at radius 2 is 1.02 bits per heavy atom. The summed E-state index contributed by atoms with van der Waals surface area (Å²) in [4.78, 5) is 10.6. The lowest BCUT2D eigenvalue weighted by molar-refractivity contribution is 1.24. The highest BCUT2D eigenvalue weighted by molar-refractivity contribution is 7.26. The van der Waals surface area contributed by atoms with Gasteiger partial charge in [-0.25, -0.2) is 9.97 Å². The molecule has 0 aliphatic rings. The molecule has 0 atom stereocenters. The van der Waals surface area contributed by atoms with Gasteiger partial charge < -0.3 is 0 Å². The molecule has 0 N–H and O–H groups in total. The average molecular weight is 541 g/mol. The molecule has 0 bridgehead atoms. The third-order valence-electron chi connectivity index (χ3n) is 7.65. The van der Waals surface area contributed by atoms with Crippen LogP contribution in [0.4, 0.5) is 0 Å². The second kappa shape index (κ2) is 9.81. The van der Waals surface area contributed by atoms with Gasteiger partial charge in [0.1, 0.15) is 0 Å². The van der Waals surface area contributed by atoms with Gasteiger partial charge >= 0.3 is 0 Å². The van der Waals surface area contributed by atoms with E-state index in [0.717, 1.165) is 44.0 Å². The quantitative estimate of drug-likeness (QED) is 0.222. The van der Waals surface area contributed by atoms with Crippen LogP contribution in [0.5, 0.6) is 0 Å². The third-order valence-corrected chi connectivity index (χ3v) is 8.81. The molecule has 0 unspecified atom stereocenters. The lowest BCUT2D eigenvalue weighted by atomic mass is 9.95. The molecule has 2 aromatic heterocycles. The van der Waals surface area contributed by atoms with E-state index in [0.29, 0.717) is 0 Å². The van der Waals surface area contributed by atoms with Gasteiger partial charge in [-0.3, -0.25) is 0 Å². The summed E-state index contributed by atoms with van der Waals surface area (Å²) in [6.07, 6.45) is 0. The van der Waals surface area contributed by atoms with Crippen molar-refractivity contribution in [3.8, 4) is 44.9 Å². The van der Waals surface area contributed by atoms with E-state index in [2.05, 4.69) is 146 Å². The monoisotopic (exact) mass is 540 g/mol. The maximum absolute atomic E-state index is 5.31. The Bertz CT molecular complexity index is 2140. The molecule has 0 aliphatic carbocycles. The fourth-order valence-corrected chi connectivity index (χ4v) is 6.76. The number of benzene rings is 6. The van der Waals surface area contributed by atoms with Crippen molar-refractivity contribution in [1.29, 1.82) is 0 Å². The highest BCUT2D eigenvalue weighted by atomic mass is 32.1. The highest BCUT2D eigenvalue weighted by Gasteiger charge is 2.18. The van der Waals surface area contributed by atoms with Crippen LogP contribution in [0, 0.1) is 0 Å². The maximum atomic E-state index is 5.31. The first kappa shape index (κ1) is 23.7. The number of thiophene rings is 1. The number of hydrogen-bond donors (Lipinski definition) is 0. The molecule has 0 saturated carbocycles. The first-order chi connectivity index (χ1) is 20.3. The summed E-state index contributed by atoms with van der Waals surface area (Å²) >= 11 is 1.77. The zero-order chi connectivity index (χ0) is 27.2.